The normalized spacial score (nSPS) is 33.9. The number of carbonyl (C=O) groups excluding carboxylic acids is 2. The van der Waals surface area contributed by atoms with E-state index in [0.717, 1.165) is 74.1 Å². The first-order chi connectivity index (χ1) is 14.0. The Morgan fingerprint density at radius 3 is 2.23 bits per heavy atom. The fourth-order valence-corrected chi connectivity index (χ4v) is 7.09. The van der Waals surface area contributed by atoms with Crippen LogP contribution in [0.2, 0.25) is 0 Å². The monoisotopic (exact) mass is 431 g/mol. The quantitative estimate of drug-likeness (QED) is 0.700. The van der Waals surface area contributed by atoms with E-state index in [9.17, 15) is 9.59 Å². The Morgan fingerprint density at radius 1 is 1.03 bits per heavy atom. The zero-order chi connectivity index (χ0) is 20.0. The Bertz CT molecular complexity index is 759. The lowest BCUT2D eigenvalue weighted by Crippen LogP contribution is -2.57. The summed E-state index contributed by atoms with van der Waals surface area (Å²) in [6.07, 6.45) is 9.73. The summed E-state index contributed by atoms with van der Waals surface area (Å²) in [7, 11) is 0. The van der Waals surface area contributed by atoms with Crippen LogP contribution in [0.15, 0.2) is 24.3 Å². The second kappa shape index (κ2) is 8.41. The number of halogens is 1. The molecule has 0 aromatic heterocycles. The summed E-state index contributed by atoms with van der Waals surface area (Å²) in [5.41, 5.74) is 7.49. The Balaban J connectivity index is 0.00000218. The van der Waals surface area contributed by atoms with Crippen molar-refractivity contribution in [2.24, 2.45) is 23.2 Å². The molecule has 0 spiro atoms. The van der Waals surface area contributed by atoms with E-state index < -0.39 is 0 Å². The average Bonchev–Trinajstić information content (AvgIpc) is 3.17. The Hall–Kier alpha value is -1.75. The topological polar surface area (TPSA) is 75.4 Å². The summed E-state index contributed by atoms with van der Waals surface area (Å²) in [5, 5.41) is 3.08. The van der Waals surface area contributed by atoms with Crippen LogP contribution >= 0.6 is 12.4 Å². The van der Waals surface area contributed by atoms with Crippen molar-refractivity contribution in [3.63, 3.8) is 0 Å². The summed E-state index contributed by atoms with van der Waals surface area (Å²) < 4.78 is 0. The lowest BCUT2D eigenvalue weighted by molar-refractivity contribution is -0.160. The number of nitrogens with two attached hydrogens (primary N) is 1. The van der Waals surface area contributed by atoms with Crippen LogP contribution in [0.1, 0.15) is 56.9 Å². The maximum atomic E-state index is 13.7. The van der Waals surface area contributed by atoms with Gasteiger partial charge in [-0.15, -0.1) is 12.4 Å². The predicted octanol–water partition coefficient (Wildman–Crippen LogP) is 3.56. The lowest BCUT2D eigenvalue weighted by Gasteiger charge is -2.56. The molecular weight excluding hydrogens is 398 g/mol. The summed E-state index contributed by atoms with van der Waals surface area (Å²) in [6, 6.07) is 7.50. The van der Waals surface area contributed by atoms with Gasteiger partial charge in [-0.3, -0.25) is 9.59 Å². The number of likely N-dealkylation sites (tertiary alicyclic amines) is 1. The molecule has 1 aromatic rings. The van der Waals surface area contributed by atoms with E-state index in [-0.39, 0.29) is 29.8 Å². The van der Waals surface area contributed by atoms with E-state index in [2.05, 4.69) is 5.32 Å². The Kier molecular flexibility index (Phi) is 6.02. The molecule has 6 rings (SSSR count). The molecule has 6 heteroatoms. The summed E-state index contributed by atoms with van der Waals surface area (Å²) in [5.74, 6) is 2.57. The molecule has 4 bridgehead atoms. The zero-order valence-electron chi connectivity index (χ0n) is 17.6. The number of nitrogens with one attached hydrogen (secondary N) is 1. The number of nitrogen functional groups attached to an aromatic ring is 1. The third-order valence-corrected chi connectivity index (χ3v) is 8.00. The fourth-order valence-electron chi connectivity index (χ4n) is 7.09. The number of anilines is 1. The van der Waals surface area contributed by atoms with Gasteiger partial charge in [0.2, 0.25) is 11.8 Å². The largest absolute Gasteiger partial charge is 0.399 e. The SMILES string of the molecule is Cl.Nc1ccc(CCNC(=O)C2CCCN2C(=O)C23CC4CC(CC(C4)C2)C3)cc1. The van der Waals surface area contributed by atoms with Gasteiger partial charge in [0.25, 0.3) is 0 Å². The smallest absolute Gasteiger partial charge is 0.242 e. The summed E-state index contributed by atoms with van der Waals surface area (Å²) in [6.45, 7) is 1.34. The van der Waals surface area contributed by atoms with Crippen LogP contribution in [0.5, 0.6) is 0 Å². The van der Waals surface area contributed by atoms with Gasteiger partial charge in [0.1, 0.15) is 6.04 Å². The van der Waals surface area contributed by atoms with Gasteiger partial charge in [-0.2, -0.15) is 0 Å². The highest BCUT2D eigenvalue weighted by Gasteiger charge is 2.56. The first-order valence-corrected chi connectivity index (χ1v) is 11.5. The number of nitrogens with zero attached hydrogens (tertiary/aromatic N) is 1. The van der Waals surface area contributed by atoms with Gasteiger partial charge >= 0.3 is 0 Å². The van der Waals surface area contributed by atoms with Crippen LogP contribution in [0.4, 0.5) is 5.69 Å². The highest BCUT2D eigenvalue weighted by molar-refractivity contribution is 5.91. The van der Waals surface area contributed by atoms with Crippen molar-refractivity contribution in [2.75, 3.05) is 18.8 Å². The number of hydrogen-bond acceptors (Lipinski definition) is 3. The molecule has 1 unspecified atom stereocenters. The van der Waals surface area contributed by atoms with Crippen LogP contribution in [0, 0.1) is 23.2 Å². The average molecular weight is 432 g/mol. The zero-order valence-corrected chi connectivity index (χ0v) is 18.5. The molecule has 0 radical (unpaired) electrons. The van der Waals surface area contributed by atoms with Crippen LogP contribution in [-0.2, 0) is 16.0 Å². The van der Waals surface area contributed by atoms with Crippen molar-refractivity contribution in [3.05, 3.63) is 29.8 Å². The van der Waals surface area contributed by atoms with Crippen LogP contribution < -0.4 is 11.1 Å². The number of rotatable bonds is 5. The third kappa shape index (κ3) is 3.93. The van der Waals surface area contributed by atoms with Crippen molar-refractivity contribution in [1.82, 2.24) is 10.2 Å². The van der Waals surface area contributed by atoms with E-state index in [1.54, 1.807) is 0 Å². The second-order valence-corrected chi connectivity index (χ2v) is 10.1. The molecule has 5 fully saturated rings. The minimum atomic E-state index is -0.276. The third-order valence-electron chi connectivity index (χ3n) is 8.00. The van der Waals surface area contributed by atoms with Gasteiger partial charge in [0.15, 0.2) is 0 Å². The summed E-state index contributed by atoms with van der Waals surface area (Å²) >= 11 is 0. The van der Waals surface area contributed by atoms with Gasteiger partial charge < -0.3 is 16.0 Å². The van der Waals surface area contributed by atoms with Gasteiger partial charge in [-0.05, 0) is 93.2 Å². The maximum Gasteiger partial charge on any atom is 0.242 e. The van der Waals surface area contributed by atoms with Gasteiger partial charge in [-0.25, -0.2) is 0 Å². The molecule has 4 aliphatic carbocycles. The van der Waals surface area contributed by atoms with Gasteiger partial charge in [-0.1, -0.05) is 12.1 Å². The molecule has 2 amide bonds. The molecule has 1 atom stereocenters. The Labute approximate surface area is 185 Å². The van der Waals surface area contributed by atoms with Crippen LogP contribution in [0.25, 0.3) is 0 Å². The summed E-state index contributed by atoms with van der Waals surface area (Å²) in [4.78, 5) is 28.5. The highest BCUT2D eigenvalue weighted by Crippen LogP contribution is 2.60. The van der Waals surface area contributed by atoms with E-state index in [0.29, 0.717) is 12.5 Å². The van der Waals surface area contributed by atoms with E-state index >= 15 is 0 Å². The molecule has 4 saturated carbocycles. The predicted molar refractivity (Wildman–Crippen MR) is 120 cm³/mol. The van der Waals surface area contributed by atoms with E-state index in [1.165, 1.54) is 19.3 Å². The van der Waals surface area contributed by atoms with Crippen LogP contribution in [0.3, 0.4) is 0 Å². The van der Waals surface area contributed by atoms with Crippen molar-refractivity contribution in [2.45, 2.75) is 63.8 Å². The molecule has 5 nitrogen and oxygen atoms in total. The molecule has 164 valence electrons. The van der Waals surface area contributed by atoms with E-state index in [1.807, 2.05) is 29.2 Å². The molecule has 1 aromatic carbocycles. The second-order valence-electron chi connectivity index (χ2n) is 10.1. The standard InChI is InChI=1S/C24H33N3O2.ClH/c25-20-5-3-16(4-6-20)7-8-26-22(28)21-2-1-9-27(21)23(29)24-13-17-10-18(14-24)12-19(11-17)15-24;/h3-6,17-19,21H,1-2,7-15,25H2,(H,26,28);1H. The number of amides is 2. The molecule has 5 aliphatic rings. The Morgan fingerprint density at radius 2 is 1.63 bits per heavy atom. The van der Waals surface area contributed by atoms with Crippen molar-refractivity contribution in [3.8, 4) is 0 Å². The first kappa shape index (κ1) is 21.5. The number of benzene rings is 1. The minimum Gasteiger partial charge on any atom is -0.399 e. The van der Waals surface area contributed by atoms with Gasteiger partial charge in [0, 0.05) is 18.8 Å². The fraction of sp³-hybridized carbons (Fsp3) is 0.667. The minimum absolute atomic E-state index is 0. The number of carbonyl (C=O) groups is 2. The molecule has 30 heavy (non-hydrogen) atoms. The van der Waals surface area contributed by atoms with Crippen molar-refractivity contribution < 1.29 is 9.59 Å². The van der Waals surface area contributed by atoms with Crippen molar-refractivity contribution >= 4 is 29.9 Å². The number of hydrogen-bond donors (Lipinski definition) is 2. The molecular formula is C24H34ClN3O2. The molecule has 1 saturated heterocycles. The maximum absolute atomic E-state index is 13.7. The lowest BCUT2D eigenvalue weighted by atomic mass is 9.49. The molecule has 3 N–H and O–H groups in total. The van der Waals surface area contributed by atoms with E-state index in [4.69, 9.17) is 5.73 Å². The molecule has 1 heterocycles. The first-order valence-electron chi connectivity index (χ1n) is 11.5. The molecule has 1 aliphatic heterocycles. The highest BCUT2D eigenvalue weighted by atomic mass is 35.5. The van der Waals surface area contributed by atoms with Gasteiger partial charge in [0.05, 0.1) is 5.41 Å². The van der Waals surface area contributed by atoms with Crippen LogP contribution in [-0.4, -0.2) is 35.8 Å². The van der Waals surface area contributed by atoms with Crippen molar-refractivity contribution in [1.29, 1.82) is 0 Å².